The molecule has 28 heavy (non-hydrogen) atoms. The van der Waals surface area contributed by atoms with E-state index in [0.29, 0.717) is 23.4 Å². The van der Waals surface area contributed by atoms with Crippen LogP contribution in [-0.4, -0.2) is 29.4 Å². The van der Waals surface area contributed by atoms with Crippen molar-refractivity contribution < 1.29 is 24.2 Å². The summed E-state index contributed by atoms with van der Waals surface area (Å²) in [6, 6.07) is 9.14. The number of nitrogens with zero attached hydrogens (tertiary/aromatic N) is 1. The third-order valence-corrected chi connectivity index (χ3v) is 5.72. The molecule has 2 unspecified atom stereocenters. The molecule has 2 atom stereocenters. The van der Waals surface area contributed by atoms with Crippen molar-refractivity contribution in [2.45, 2.75) is 32.6 Å². The summed E-state index contributed by atoms with van der Waals surface area (Å²) < 4.78 is 5.11. The van der Waals surface area contributed by atoms with E-state index in [4.69, 9.17) is 4.74 Å². The summed E-state index contributed by atoms with van der Waals surface area (Å²) in [4.78, 5) is 41.1. The summed E-state index contributed by atoms with van der Waals surface area (Å²) in [5.74, 6) is -3.57. The molecular weight excluding hydrogens is 380 g/mol. The van der Waals surface area contributed by atoms with Crippen LogP contribution in [0.4, 0.5) is 5.13 Å². The van der Waals surface area contributed by atoms with E-state index in [9.17, 15) is 19.5 Å². The quantitative estimate of drug-likeness (QED) is 0.745. The van der Waals surface area contributed by atoms with Crippen LogP contribution in [0, 0.1) is 11.8 Å². The van der Waals surface area contributed by atoms with Crippen LogP contribution in [0.15, 0.2) is 30.3 Å². The normalized spacial score (nSPS) is 19.0. The monoisotopic (exact) mass is 401 g/mol. The summed E-state index contributed by atoms with van der Waals surface area (Å²) in [5.41, 5.74) is 1.16. The maximum Gasteiger partial charge on any atom is 0.350 e. The van der Waals surface area contributed by atoms with Crippen molar-refractivity contribution in [3.63, 3.8) is 0 Å². The lowest BCUT2D eigenvalue weighted by Gasteiger charge is -2.30. The van der Waals surface area contributed by atoms with Crippen molar-refractivity contribution in [3.05, 3.63) is 35.2 Å². The van der Waals surface area contributed by atoms with Crippen molar-refractivity contribution in [1.29, 1.82) is 0 Å². The van der Waals surface area contributed by atoms with Gasteiger partial charge in [-0.25, -0.2) is 9.78 Å². The van der Waals surface area contributed by atoms with Crippen LogP contribution >= 0.6 is 11.3 Å². The highest BCUT2D eigenvalue weighted by molar-refractivity contribution is 7.18. The van der Waals surface area contributed by atoms with E-state index in [0.717, 1.165) is 29.7 Å². The minimum Gasteiger partial charge on any atom is -0.550 e. The number of hydrogen-bond acceptors (Lipinski definition) is 7. The van der Waals surface area contributed by atoms with E-state index in [1.807, 2.05) is 30.3 Å². The van der Waals surface area contributed by atoms with Gasteiger partial charge in [-0.15, -0.1) is 0 Å². The second-order valence-corrected chi connectivity index (χ2v) is 7.59. The fourth-order valence-corrected chi connectivity index (χ4v) is 4.31. The second kappa shape index (κ2) is 8.97. The first-order valence-electron chi connectivity index (χ1n) is 9.26. The Morgan fingerprint density at radius 1 is 1.18 bits per heavy atom. The van der Waals surface area contributed by atoms with Gasteiger partial charge in [0.05, 0.1) is 12.3 Å². The van der Waals surface area contributed by atoms with Gasteiger partial charge >= 0.3 is 5.97 Å². The predicted molar refractivity (Wildman–Crippen MR) is 103 cm³/mol. The molecule has 0 saturated heterocycles. The summed E-state index contributed by atoms with van der Waals surface area (Å²) in [7, 11) is 0. The lowest BCUT2D eigenvalue weighted by Crippen LogP contribution is -2.42. The van der Waals surface area contributed by atoms with Gasteiger partial charge in [0, 0.05) is 23.4 Å². The SMILES string of the molecule is CCOC(=O)c1sc(NC(=O)C2CCCCC2C(=O)[O-])nc1-c1ccccc1. The van der Waals surface area contributed by atoms with E-state index in [2.05, 4.69) is 10.3 Å². The first kappa shape index (κ1) is 20.0. The predicted octanol–water partition coefficient (Wildman–Crippen LogP) is 2.48. The number of carbonyl (C=O) groups is 3. The van der Waals surface area contributed by atoms with E-state index in [-0.39, 0.29) is 11.7 Å². The van der Waals surface area contributed by atoms with Gasteiger partial charge in [-0.1, -0.05) is 54.5 Å². The molecule has 1 aromatic heterocycles. The Balaban J connectivity index is 1.87. The van der Waals surface area contributed by atoms with Crippen LogP contribution in [-0.2, 0) is 14.3 Å². The lowest BCUT2D eigenvalue weighted by molar-refractivity contribution is -0.313. The highest BCUT2D eigenvalue weighted by Crippen LogP contribution is 2.34. The molecule has 0 spiro atoms. The number of carboxylic acids is 1. The number of rotatable bonds is 6. The largest absolute Gasteiger partial charge is 0.550 e. The van der Waals surface area contributed by atoms with Gasteiger partial charge < -0.3 is 20.0 Å². The van der Waals surface area contributed by atoms with Crippen molar-refractivity contribution in [2.24, 2.45) is 11.8 Å². The average Bonchev–Trinajstić information content (AvgIpc) is 3.12. The van der Waals surface area contributed by atoms with Gasteiger partial charge in [-0.3, -0.25) is 4.79 Å². The van der Waals surface area contributed by atoms with Crippen molar-refractivity contribution >= 4 is 34.3 Å². The number of ether oxygens (including phenoxy) is 1. The van der Waals surface area contributed by atoms with Crippen LogP contribution in [0.2, 0.25) is 0 Å². The molecule has 1 aliphatic rings. The maximum atomic E-state index is 12.7. The average molecular weight is 401 g/mol. The number of thiazole rings is 1. The zero-order valence-corrected chi connectivity index (χ0v) is 16.3. The molecule has 2 aromatic rings. The van der Waals surface area contributed by atoms with Crippen LogP contribution in [0.3, 0.4) is 0 Å². The standard InChI is InChI=1S/C20H22N2O5S/c1-2-27-19(26)16-15(12-8-4-3-5-9-12)21-20(28-16)22-17(23)13-10-6-7-11-14(13)18(24)25/h3-5,8-9,13-14H,2,6-7,10-11H2,1H3,(H,24,25)(H,21,22,23)/p-1. The Morgan fingerprint density at radius 3 is 2.50 bits per heavy atom. The fourth-order valence-electron chi connectivity index (χ4n) is 3.43. The first-order valence-corrected chi connectivity index (χ1v) is 10.1. The zero-order chi connectivity index (χ0) is 20.1. The first-order chi connectivity index (χ1) is 13.5. The number of aliphatic carboxylic acids is 1. The van der Waals surface area contributed by atoms with Gasteiger partial charge in [0.1, 0.15) is 4.88 Å². The number of hydrogen-bond donors (Lipinski definition) is 1. The molecule has 8 heteroatoms. The Labute approximate surface area is 166 Å². The summed E-state index contributed by atoms with van der Waals surface area (Å²) in [5, 5.41) is 14.3. The minimum atomic E-state index is -1.20. The van der Waals surface area contributed by atoms with Gasteiger partial charge in [-0.05, 0) is 19.8 Å². The number of benzene rings is 1. The highest BCUT2D eigenvalue weighted by Gasteiger charge is 2.32. The topological polar surface area (TPSA) is 108 Å². The summed E-state index contributed by atoms with van der Waals surface area (Å²) >= 11 is 1.02. The minimum absolute atomic E-state index is 0.224. The number of amides is 1. The van der Waals surface area contributed by atoms with Crippen molar-refractivity contribution in [3.8, 4) is 11.3 Å². The number of carbonyl (C=O) groups excluding carboxylic acids is 3. The molecular formula is C20H21N2O5S-. The van der Waals surface area contributed by atoms with Crippen LogP contribution in [0.25, 0.3) is 11.3 Å². The van der Waals surface area contributed by atoms with Gasteiger partial charge in [0.2, 0.25) is 5.91 Å². The fraction of sp³-hybridized carbons (Fsp3) is 0.400. The zero-order valence-electron chi connectivity index (χ0n) is 15.5. The van der Waals surface area contributed by atoms with Crippen molar-refractivity contribution in [1.82, 2.24) is 4.98 Å². The summed E-state index contributed by atoms with van der Waals surface area (Å²) in [6.45, 7) is 1.94. The van der Waals surface area contributed by atoms with E-state index >= 15 is 0 Å². The van der Waals surface area contributed by atoms with Crippen molar-refractivity contribution in [2.75, 3.05) is 11.9 Å². The molecule has 0 aliphatic heterocycles. The smallest absolute Gasteiger partial charge is 0.350 e. The van der Waals surface area contributed by atoms with E-state index in [1.54, 1.807) is 6.92 Å². The van der Waals surface area contributed by atoms with E-state index < -0.39 is 29.7 Å². The van der Waals surface area contributed by atoms with Crippen LogP contribution < -0.4 is 10.4 Å². The molecule has 7 nitrogen and oxygen atoms in total. The number of esters is 1. The third-order valence-electron chi connectivity index (χ3n) is 4.77. The Hall–Kier alpha value is -2.74. The molecule has 1 saturated carbocycles. The Kier molecular flexibility index (Phi) is 6.41. The molecule has 0 bridgehead atoms. The Bertz CT molecular complexity index is 865. The molecule has 148 valence electrons. The molecule has 1 amide bonds. The number of aromatic nitrogens is 1. The molecule has 3 rings (SSSR count). The second-order valence-electron chi connectivity index (χ2n) is 6.59. The molecule has 1 fully saturated rings. The number of anilines is 1. The maximum absolute atomic E-state index is 12.7. The molecule has 1 heterocycles. The number of carboxylic acid groups (broad SMARTS) is 1. The highest BCUT2D eigenvalue weighted by atomic mass is 32.1. The molecule has 1 N–H and O–H groups in total. The molecule has 0 radical (unpaired) electrons. The van der Waals surface area contributed by atoms with Gasteiger partial charge in [0.25, 0.3) is 0 Å². The molecule has 1 aromatic carbocycles. The molecule has 1 aliphatic carbocycles. The number of nitrogens with one attached hydrogen (secondary N) is 1. The van der Waals surface area contributed by atoms with E-state index in [1.165, 1.54) is 0 Å². The van der Waals surface area contributed by atoms with Crippen LogP contribution in [0.1, 0.15) is 42.3 Å². The van der Waals surface area contributed by atoms with Gasteiger partial charge in [0.15, 0.2) is 5.13 Å². The summed E-state index contributed by atoms with van der Waals surface area (Å²) in [6.07, 6.45) is 2.49. The Morgan fingerprint density at radius 2 is 1.86 bits per heavy atom. The van der Waals surface area contributed by atoms with Gasteiger partial charge in [-0.2, -0.15) is 0 Å². The third kappa shape index (κ3) is 4.39. The lowest BCUT2D eigenvalue weighted by atomic mass is 9.79. The van der Waals surface area contributed by atoms with Crippen LogP contribution in [0.5, 0.6) is 0 Å².